The Morgan fingerprint density at radius 3 is 2.56 bits per heavy atom. The van der Waals surface area contributed by atoms with Crippen LogP contribution in [-0.2, 0) is 0 Å². The molecule has 1 N–H and O–H groups in total. The van der Waals surface area contributed by atoms with Crippen LogP contribution < -0.4 is 20.3 Å². The Labute approximate surface area is 145 Å². The van der Waals surface area contributed by atoms with E-state index in [1.807, 2.05) is 13.8 Å². The Bertz CT molecular complexity index is 966. The summed E-state index contributed by atoms with van der Waals surface area (Å²) in [6.07, 6.45) is 1.29. The summed E-state index contributed by atoms with van der Waals surface area (Å²) < 4.78 is 25.9. The lowest BCUT2D eigenvalue weighted by Crippen LogP contribution is -2.34. The normalized spacial score (nSPS) is 19.0. The quantitative estimate of drug-likeness (QED) is 0.730. The highest BCUT2D eigenvalue weighted by atomic mass is 19.1. The average molecular weight is 335 g/mol. The summed E-state index contributed by atoms with van der Waals surface area (Å²) in [5.41, 5.74) is 0.989. The molecule has 0 bridgehead atoms. The minimum Gasteiger partial charge on any atom is -0.483 e. The van der Waals surface area contributed by atoms with Gasteiger partial charge in [-0.2, -0.15) is 0 Å². The first kappa shape index (κ1) is 15.7. The first-order valence-electron chi connectivity index (χ1n) is 7.96. The number of hydrogen-bond acceptors (Lipinski definition) is 5. The first-order chi connectivity index (χ1) is 12.0. The lowest BCUT2D eigenvalue weighted by molar-refractivity contribution is 0.0433. The molecule has 1 aliphatic rings. The molecule has 3 aromatic rings. The molecule has 0 spiro atoms. The predicted molar refractivity (Wildman–Crippen MR) is 94.8 cm³/mol. The van der Waals surface area contributed by atoms with Gasteiger partial charge >= 0.3 is 0 Å². The number of nitrogens with one attached hydrogen (secondary N) is 1. The van der Waals surface area contributed by atoms with E-state index in [1.165, 1.54) is 12.4 Å². The van der Waals surface area contributed by atoms with Gasteiger partial charge in [0.15, 0.2) is 11.5 Å². The van der Waals surface area contributed by atoms with E-state index < -0.39 is 5.82 Å². The molecule has 1 aromatic heterocycles. The number of nitrogens with zero attached hydrogens (tertiary/aromatic N) is 2. The molecule has 0 amide bonds. The first-order valence-corrected chi connectivity index (χ1v) is 7.96. The van der Waals surface area contributed by atoms with Crippen LogP contribution in [0.15, 0.2) is 36.7 Å². The lowest BCUT2D eigenvalue weighted by atomic mass is 9.95. The number of anilines is 2. The van der Waals surface area contributed by atoms with Gasteiger partial charge in [0.25, 0.3) is 0 Å². The van der Waals surface area contributed by atoms with Crippen molar-refractivity contribution in [3.63, 3.8) is 0 Å². The second-order valence-corrected chi connectivity index (χ2v) is 6.02. The molecule has 2 radical (unpaired) electrons. The Morgan fingerprint density at radius 1 is 1.08 bits per heavy atom. The fourth-order valence-electron chi connectivity index (χ4n) is 2.71. The zero-order valence-corrected chi connectivity index (χ0v) is 13.8. The highest BCUT2D eigenvalue weighted by Crippen LogP contribution is 2.39. The minimum absolute atomic E-state index is 0.0502. The molecule has 7 heteroatoms. The molecule has 0 aliphatic carbocycles. The van der Waals surface area contributed by atoms with Crippen molar-refractivity contribution >= 4 is 35.7 Å². The molecule has 4 rings (SSSR count). The van der Waals surface area contributed by atoms with Crippen LogP contribution in [0.1, 0.15) is 13.8 Å². The van der Waals surface area contributed by atoms with Gasteiger partial charge in [0.1, 0.15) is 38.0 Å². The van der Waals surface area contributed by atoms with Gasteiger partial charge in [-0.15, -0.1) is 0 Å². The van der Waals surface area contributed by atoms with Crippen molar-refractivity contribution in [1.29, 1.82) is 0 Å². The third kappa shape index (κ3) is 2.75. The van der Waals surface area contributed by atoms with Gasteiger partial charge in [0.2, 0.25) is 0 Å². The lowest BCUT2D eigenvalue weighted by Gasteiger charge is -2.30. The summed E-state index contributed by atoms with van der Waals surface area (Å²) in [5, 5.41) is 3.68. The zero-order chi connectivity index (χ0) is 17.6. The van der Waals surface area contributed by atoms with Crippen molar-refractivity contribution in [3.8, 4) is 11.5 Å². The molecular formula is C18H15BFN3O2. The average Bonchev–Trinajstić information content (AvgIpc) is 2.59. The number of hydrogen-bond donors (Lipinski definition) is 1. The number of benzene rings is 2. The van der Waals surface area contributed by atoms with Crippen molar-refractivity contribution in [2.24, 2.45) is 0 Å². The van der Waals surface area contributed by atoms with E-state index in [0.29, 0.717) is 28.2 Å². The van der Waals surface area contributed by atoms with Crippen LogP contribution in [0.25, 0.3) is 10.9 Å². The summed E-state index contributed by atoms with van der Waals surface area (Å²) in [5.74, 6) is 1.20. The molecule has 1 aliphatic heterocycles. The van der Waals surface area contributed by atoms with Gasteiger partial charge < -0.3 is 14.8 Å². The monoisotopic (exact) mass is 335 g/mol. The Kier molecular flexibility index (Phi) is 3.71. The van der Waals surface area contributed by atoms with Gasteiger partial charge in [-0.3, -0.25) is 0 Å². The van der Waals surface area contributed by atoms with Crippen LogP contribution in [0.2, 0.25) is 0 Å². The fraction of sp³-hybridized carbons (Fsp3) is 0.222. The number of halogens is 1. The number of aromatic nitrogens is 2. The van der Waals surface area contributed by atoms with Crippen LogP contribution in [0.4, 0.5) is 15.9 Å². The van der Waals surface area contributed by atoms with Gasteiger partial charge in [-0.05, 0) is 26.0 Å². The van der Waals surface area contributed by atoms with E-state index in [1.54, 1.807) is 24.3 Å². The third-order valence-electron chi connectivity index (χ3n) is 4.27. The second-order valence-electron chi connectivity index (χ2n) is 6.02. The van der Waals surface area contributed by atoms with E-state index in [2.05, 4.69) is 15.3 Å². The van der Waals surface area contributed by atoms with Gasteiger partial charge in [0.05, 0.1) is 11.2 Å². The summed E-state index contributed by atoms with van der Waals surface area (Å²) in [6.45, 7) is 3.90. The predicted octanol–water partition coefficient (Wildman–Crippen LogP) is 2.85. The highest BCUT2D eigenvalue weighted by molar-refractivity contribution is 6.32. The Hall–Kier alpha value is -2.83. The zero-order valence-electron chi connectivity index (χ0n) is 13.8. The van der Waals surface area contributed by atoms with Gasteiger partial charge in [-0.1, -0.05) is 17.6 Å². The topological polar surface area (TPSA) is 56.3 Å². The van der Waals surface area contributed by atoms with E-state index >= 15 is 0 Å². The standard InChI is InChI=1S/C18H15BFN3O2/c1-9-10(2)25-16-7-14-11(6-15(16)24-9)18(22-8-21-14)23-13-5-3-4-12(19)17(13)20/h3-10H,1-2H3,(H,21,22,23). The van der Waals surface area contributed by atoms with Crippen molar-refractivity contribution in [3.05, 3.63) is 42.5 Å². The van der Waals surface area contributed by atoms with Crippen molar-refractivity contribution in [2.45, 2.75) is 26.1 Å². The second kappa shape index (κ2) is 5.91. The number of ether oxygens (including phenoxy) is 2. The van der Waals surface area contributed by atoms with Crippen LogP contribution in [-0.4, -0.2) is 30.0 Å². The number of fused-ring (bicyclic) bond motifs is 2. The third-order valence-corrected chi connectivity index (χ3v) is 4.27. The van der Waals surface area contributed by atoms with E-state index in [-0.39, 0.29) is 23.4 Å². The van der Waals surface area contributed by atoms with E-state index in [0.717, 1.165) is 0 Å². The molecule has 2 unspecified atom stereocenters. The molecule has 0 saturated heterocycles. The van der Waals surface area contributed by atoms with Crippen LogP contribution >= 0.6 is 0 Å². The summed E-state index contributed by atoms with van der Waals surface area (Å²) in [7, 11) is 5.62. The van der Waals surface area contributed by atoms with Crippen molar-refractivity contribution in [1.82, 2.24) is 9.97 Å². The van der Waals surface area contributed by atoms with E-state index in [4.69, 9.17) is 17.3 Å². The largest absolute Gasteiger partial charge is 0.483 e. The maximum absolute atomic E-state index is 14.2. The maximum atomic E-state index is 14.2. The van der Waals surface area contributed by atoms with Crippen molar-refractivity contribution < 1.29 is 13.9 Å². The fourth-order valence-corrected chi connectivity index (χ4v) is 2.71. The van der Waals surface area contributed by atoms with Gasteiger partial charge in [0, 0.05) is 11.5 Å². The number of rotatable bonds is 2. The summed E-state index contributed by atoms with van der Waals surface area (Å²) in [4.78, 5) is 8.50. The van der Waals surface area contributed by atoms with Crippen molar-refractivity contribution in [2.75, 3.05) is 5.32 Å². The molecular weight excluding hydrogens is 320 g/mol. The summed E-state index contributed by atoms with van der Waals surface area (Å²) >= 11 is 0. The molecule has 5 nitrogen and oxygen atoms in total. The van der Waals surface area contributed by atoms with Gasteiger partial charge in [-0.25, -0.2) is 14.4 Å². The molecule has 2 aromatic carbocycles. The van der Waals surface area contributed by atoms with Crippen LogP contribution in [0.5, 0.6) is 11.5 Å². The minimum atomic E-state index is -0.519. The molecule has 2 atom stereocenters. The molecule has 2 heterocycles. The molecule has 0 saturated carbocycles. The molecule has 0 fully saturated rings. The van der Waals surface area contributed by atoms with Crippen LogP contribution in [0, 0.1) is 5.82 Å². The Balaban J connectivity index is 1.80. The van der Waals surface area contributed by atoms with E-state index in [9.17, 15) is 4.39 Å². The Morgan fingerprint density at radius 2 is 1.80 bits per heavy atom. The molecule has 124 valence electrons. The smallest absolute Gasteiger partial charge is 0.164 e. The SMILES string of the molecule is [B]c1cccc(Nc2ncnc3cc4c(cc23)OC(C)C(C)O4)c1F. The maximum Gasteiger partial charge on any atom is 0.164 e. The highest BCUT2D eigenvalue weighted by Gasteiger charge is 2.25. The van der Waals surface area contributed by atoms with Crippen LogP contribution in [0.3, 0.4) is 0 Å². The molecule has 25 heavy (non-hydrogen) atoms. The summed E-state index contributed by atoms with van der Waals surface area (Å²) in [6, 6.07) is 8.38.